The molecule has 0 aliphatic rings. The van der Waals surface area contributed by atoms with Gasteiger partial charge in [0.05, 0.1) is 5.92 Å². The van der Waals surface area contributed by atoms with Crippen molar-refractivity contribution in [2.24, 2.45) is 5.92 Å². The van der Waals surface area contributed by atoms with E-state index in [4.69, 9.17) is 5.11 Å². The molecular weight excluding hydrogens is 252 g/mol. The molecule has 2 rings (SSSR count). The van der Waals surface area contributed by atoms with Crippen LogP contribution in [0.5, 0.6) is 0 Å². The molecule has 0 heterocycles. The summed E-state index contributed by atoms with van der Waals surface area (Å²) in [5.74, 6) is -0.972. The average molecular weight is 272 g/mol. The lowest BCUT2D eigenvalue weighted by molar-refractivity contribution is -0.140. The predicted molar refractivity (Wildman–Crippen MR) is 79.4 cm³/mol. The SMILES string of the molecule is CC(C)C(=O)O.OC(c1ccccc1)c1ccccc1. The van der Waals surface area contributed by atoms with Crippen LogP contribution in [0.2, 0.25) is 0 Å². The molecule has 2 aromatic carbocycles. The van der Waals surface area contributed by atoms with Gasteiger partial charge < -0.3 is 10.2 Å². The molecule has 0 aliphatic carbocycles. The smallest absolute Gasteiger partial charge is 0.305 e. The van der Waals surface area contributed by atoms with Crippen molar-refractivity contribution in [2.75, 3.05) is 0 Å². The van der Waals surface area contributed by atoms with E-state index < -0.39 is 12.1 Å². The Morgan fingerprint density at radius 2 is 1.15 bits per heavy atom. The van der Waals surface area contributed by atoms with Crippen LogP contribution in [0.25, 0.3) is 0 Å². The monoisotopic (exact) mass is 272 g/mol. The molecule has 20 heavy (non-hydrogen) atoms. The largest absolute Gasteiger partial charge is 0.481 e. The number of carbonyl (C=O) groups is 1. The zero-order valence-electron chi connectivity index (χ0n) is 11.7. The lowest BCUT2D eigenvalue weighted by Gasteiger charge is -2.10. The first kappa shape index (κ1) is 15.9. The van der Waals surface area contributed by atoms with E-state index in [1.165, 1.54) is 0 Å². The molecule has 106 valence electrons. The van der Waals surface area contributed by atoms with Crippen molar-refractivity contribution < 1.29 is 15.0 Å². The summed E-state index contributed by atoms with van der Waals surface area (Å²) in [5, 5.41) is 18.0. The van der Waals surface area contributed by atoms with E-state index >= 15 is 0 Å². The van der Waals surface area contributed by atoms with Crippen molar-refractivity contribution in [1.29, 1.82) is 0 Å². The molecule has 0 saturated heterocycles. The Hall–Kier alpha value is -2.13. The molecule has 3 nitrogen and oxygen atoms in total. The summed E-state index contributed by atoms with van der Waals surface area (Å²) < 4.78 is 0. The summed E-state index contributed by atoms with van der Waals surface area (Å²) in [4.78, 5) is 9.70. The summed E-state index contributed by atoms with van der Waals surface area (Å²) in [7, 11) is 0. The van der Waals surface area contributed by atoms with Crippen LogP contribution < -0.4 is 0 Å². The van der Waals surface area contributed by atoms with Gasteiger partial charge in [-0.05, 0) is 11.1 Å². The van der Waals surface area contributed by atoms with Crippen LogP contribution in [-0.4, -0.2) is 16.2 Å². The second-order valence-corrected chi connectivity index (χ2v) is 4.72. The van der Waals surface area contributed by atoms with E-state index in [0.29, 0.717) is 0 Å². The molecule has 2 N–H and O–H groups in total. The Bertz CT molecular complexity index is 467. The summed E-state index contributed by atoms with van der Waals surface area (Å²) in [5.41, 5.74) is 1.86. The van der Waals surface area contributed by atoms with Crippen LogP contribution >= 0.6 is 0 Å². The van der Waals surface area contributed by atoms with Gasteiger partial charge in [-0.15, -0.1) is 0 Å². The summed E-state index contributed by atoms with van der Waals surface area (Å²) >= 11 is 0. The molecule has 0 fully saturated rings. The highest BCUT2D eigenvalue weighted by molar-refractivity contribution is 5.68. The maximum absolute atomic E-state index is 9.99. The number of aliphatic carboxylic acids is 1. The summed E-state index contributed by atoms with van der Waals surface area (Å²) in [6.07, 6.45) is -0.516. The third-order valence-corrected chi connectivity index (χ3v) is 2.72. The van der Waals surface area contributed by atoms with Crippen LogP contribution in [0.4, 0.5) is 0 Å². The first-order valence-electron chi connectivity index (χ1n) is 6.53. The van der Waals surface area contributed by atoms with Crippen molar-refractivity contribution in [3.8, 4) is 0 Å². The van der Waals surface area contributed by atoms with E-state index in [1.54, 1.807) is 13.8 Å². The Balaban J connectivity index is 0.000000286. The normalized spacial score (nSPS) is 10.1. The van der Waals surface area contributed by atoms with E-state index in [2.05, 4.69) is 0 Å². The van der Waals surface area contributed by atoms with Gasteiger partial charge in [0.15, 0.2) is 0 Å². The topological polar surface area (TPSA) is 57.5 Å². The lowest BCUT2D eigenvalue weighted by atomic mass is 10.0. The zero-order chi connectivity index (χ0) is 15.0. The number of hydrogen-bond donors (Lipinski definition) is 2. The van der Waals surface area contributed by atoms with Gasteiger partial charge in [0.1, 0.15) is 6.10 Å². The molecular formula is C17H20O3. The van der Waals surface area contributed by atoms with Gasteiger partial charge in [0.25, 0.3) is 0 Å². The van der Waals surface area contributed by atoms with E-state index in [1.807, 2.05) is 60.7 Å². The molecule has 0 aromatic heterocycles. The Morgan fingerprint density at radius 3 is 1.40 bits per heavy atom. The van der Waals surface area contributed by atoms with Gasteiger partial charge in [0.2, 0.25) is 0 Å². The molecule has 0 spiro atoms. The standard InChI is InChI=1S/C13H12O.C4H8O2/c14-13(11-7-3-1-4-8-11)12-9-5-2-6-10-12;1-3(2)4(5)6/h1-10,13-14H;3H,1-2H3,(H,5,6). The fourth-order valence-electron chi connectivity index (χ4n) is 1.46. The Labute approximate surface area is 119 Å². The van der Waals surface area contributed by atoms with Crippen LogP contribution in [0.3, 0.4) is 0 Å². The Kier molecular flexibility index (Phi) is 6.47. The van der Waals surface area contributed by atoms with Crippen LogP contribution in [0, 0.1) is 5.92 Å². The van der Waals surface area contributed by atoms with Crippen LogP contribution in [-0.2, 0) is 4.79 Å². The Morgan fingerprint density at radius 1 is 0.850 bits per heavy atom. The number of benzene rings is 2. The lowest BCUT2D eigenvalue weighted by Crippen LogP contribution is -2.03. The number of aliphatic hydroxyl groups excluding tert-OH is 1. The minimum atomic E-state index is -0.741. The second-order valence-electron chi connectivity index (χ2n) is 4.72. The molecule has 0 bridgehead atoms. The number of rotatable bonds is 3. The number of carboxylic acids is 1. The third kappa shape index (κ3) is 5.24. The molecule has 0 saturated carbocycles. The fraction of sp³-hybridized carbons (Fsp3) is 0.235. The van der Waals surface area contributed by atoms with Crippen LogP contribution in [0.1, 0.15) is 31.1 Å². The highest BCUT2D eigenvalue weighted by Gasteiger charge is 2.07. The molecule has 0 radical (unpaired) electrons. The van der Waals surface area contributed by atoms with Crippen molar-refractivity contribution in [1.82, 2.24) is 0 Å². The van der Waals surface area contributed by atoms with Gasteiger partial charge in [-0.3, -0.25) is 4.79 Å². The highest BCUT2D eigenvalue weighted by Crippen LogP contribution is 2.20. The van der Waals surface area contributed by atoms with Crippen molar-refractivity contribution >= 4 is 5.97 Å². The molecule has 0 atom stereocenters. The van der Waals surface area contributed by atoms with E-state index in [9.17, 15) is 9.90 Å². The maximum Gasteiger partial charge on any atom is 0.305 e. The van der Waals surface area contributed by atoms with E-state index in [0.717, 1.165) is 11.1 Å². The quantitative estimate of drug-likeness (QED) is 0.899. The highest BCUT2D eigenvalue weighted by atomic mass is 16.4. The minimum absolute atomic E-state index is 0.231. The number of carboxylic acid groups (broad SMARTS) is 1. The van der Waals surface area contributed by atoms with Gasteiger partial charge in [-0.1, -0.05) is 74.5 Å². The van der Waals surface area contributed by atoms with Gasteiger partial charge in [0, 0.05) is 0 Å². The zero-order valence-corrected chi connectivity index (χ0v) is 11.7. The number of hydrogen-bond acceptors (Lipinski definition) is 2. The summed E-state index contributed by atoms with van der Waals surface area (Å²) in [6.45, 7) is 3.28. The second kappa shape index (κ2) is 8.12. The number of aliphatic hydroxyl groups is 1. The molecule has 0 amide bonds. The maximum atomic E-state index is 9.99. The first-order valence-corrected chi connectivity index (χ1v) is 6.53. The average Bonchev–Trinajstić information content (AvgIpc) is 2.49. The van der Waals surface area contributed by atoms with E-state index in [-0.39, 0.29) is 5.92 Å². The minimum Gasteiger partial charge on any atom is -0.481 e. The third-order valence-electron chi connectivity index (χ3n) is 2.72. The van der Waals surface area contributed by atoms with Crippen molar-refractivity contribution in [2.45, 2.75) is 20.0 Å². The van der Waals surface area contributed by atoms with Crippen molar-refractivity contribution in [3.63, 3.8) is 0 Å². The molecule has 3 heteroatoms. The van der Waals surface area contributed by atoms with Gasteiger partial charge in [-0.25, -0.2) is 0 Å². The molecule has 2 aromatic rings. The van der Waals surface area contributed by atoms with Gasteiger partial charge in [-0.2, -0.15) is 0 Å². The predicted octanol–water partition coefficient (Wildman–Crippen LogP) is 3.50. The molecule has 0 unspecified atom stereocenters. The fourth-order valence-corrected chi connectivity index (χ4v) is 1.46. The van der Waals surface area contributed by atoms with Crippen LogP contribution in [0.15, 0.2) is 60.7 Å². The van der Waals surface area contributed by atoms with Crippen molar-refractivity contribution in [3.05, 3.63) is 71.8 Å². The van der Waals surface area contributed by atoms with Gasteiger partial charge >= 0.3 is 5.97 Å². The summed E-state index contributed by atoms with van der Waals surface area (Å²) in [6, 6.07) is 19.3. The molecule has 0 aliphatic heterocycles. The first-order chi connectivity index (χ1) is 9.52.